The van der Waals surface area contributed by atoms with Gasteiger partial charge in [-0.15, -0.1) is 0 Å². The van der Waals surface area contributed by atoms with Crippen molar-refractivity contribution in [3.8, 4) is 5.75 Å². The highest BCUT2D eigenvalue weighted by Crippen LogP contribution is 2.27. The van der Waals surface area contributed by atoms with Crippen molar-refractivity contribution in [3.63, 3.8) is 0 Å². The van der Waals surface area contributed by atoms with E-state index in [1.165, 1.54) is 5.56 Å². The average molecular weight is 380 g/mol. The number of likely N-dealkylation sites (N-methyl/N-ethyl adjacent to an activating group) is 1. The van der Waals surface area contributed by atoms with Gasteiger partial charge < -0.3 is 19.3 Å². The van der Waals surface area contributed by atoms with E-state index in [9.17, 15) is 4.79 Å². The second-order valence-electron chi connectivity index (χ2n) is 7.66. The van der Waals surface area contributed by atoms with E-state index in [1.807, 2.05) is 47.4 Å². The quantitative estimate of drug-likeness (QED) is 0.798. The van der Waals surface area contributed by atoms with E-state index in [4.69, 9.17) is 9.47 Å². The number of carbonyl (C=O) groups excluding carboxylic acids is 1. The van der Waals surface area contributed by atoms with Crippen molar-refractivity contribution in [3.05, 3.63) is 65.7 Å². The molecule has 1 amide bonds. The van der Waals surface area contributed by atoms with Crippen LogP contribution in [-0.4, -0.2) is 61.7 Å². The third kappa shape index (κ3) is 4.37. The summed E-state index contributed by atoms with van der Waals surface area (Å²) in [5, 5.41) is 0. The van der Waals surface area contributed by atoms with Gasteiger partial charge in [-0.1, -0.05) is 30.3 Å². The molecule has 0 spiro atoms. The fourth-order valence-corrected chi connectivity index (χ4v) is 3.95. The molecule has 2 aromatic rings. The fraction of sp³-hybridized carbons (Fsp3) is 0.435. The zero-order valence-electron chi connectivity index (χ0n) is 16.4. The standard InChI is InChI=1S/C23H28N2O3/c1-24-13-14-25(22(16-24)18-6-3-2-4-7-18)23(26)19-9-11-20(12-10-19)28-17-21-8-5-15-27-21/h2-4,6-7,9-12,21-22H,5,8,13-17H2,1H3/t21-,22+/m1/s1. The van der Waals surface area contributed by atoms with Gasteiger partial charge in [0.1, 0.15) is 12.4 Å². The molecule has 2 atom stereocenters. The number of hydrogen-bond acceptors (Lipinski definition) is 4. The van der Waals surface area contributed by atoms with Crippen LogP contribution in [0.15, 0.2) is 54.6 Å². The van der Waals surface area contributed by atoms with Crippen molar-refractivity contribution in [2.24, 2.45) is 0 Å². The maximum absolute atomic E-state index is 13.2. The molecule has 2 saturated heterocycles. The van der Waals surface area contributed by atoms with E-state index < -0.39 is 0 Å². The van der Waals surface area contributed by atoms with Gasteiger partial charge in [-0.3, -0.25) is 4.79 Å². The third-order valence-corrected chi connectivity index (χ3v) is 5.59. The molecule has 4 rings (SSSR count). The van der Waals surface area contributed by atoms with Crippen molar-refractivity contribution in [2.45, 2.75) is 25.0 Å². The second-order valence-corrected chi connectivity index (χ2v) is 7.66. The predicted octanol–water partition coefficient (Wildman–Crippen LogP) is 3.37. The Morgan fingerprint density at radius 2 is 1.89 bits per heavy atom. The summed E-state index contributed by atoms with van der Waals surface area (Å²) in [5.74, 6) is 0.859. The zero-order chi connectivity index (χ0) is 19.3. The first-order valence-electron chi connectivity index (χ1n) is 10.1. The van der Waals surface area contributed by atoms with Gasteiger partial charge in [-0.05, 0) is 49.7 Å². The number of rotatable bonds is 5. The second kappa shape index (κ2) is 8.76. The SMILES string of the molecule is CN1CCN(C(=O)c2ccc(OC[C@H]3CCCO3)cc2)[C@H](c2ccccc2)C1. The van der Waals surface area contributed by atoms with Gasteiger partial charge in [0, 0.05) is 31.8 Å². The van der Waals surface area contributed by atoms with Crippen LogP contribution in [0.1, 0.15) is 34.8 Å². The summed E-state index contributed by atoms with van der Waals surface area (Å²) in [7, 11) is 2.11. The highest BCUT2D eigenvalue weighted by molar-refractivity contribution is 5.94. The van der Waals surface area contributed by atoms with Gasteiger partial charge in [-0.2, -0.15) is 0 Å². The lowest BCUT2D eigenvalue weighted by molar-refractivity contribution is 0.0497. The van der Waals surface area contributed by atoms with Gasteiger partial charge in [0.2, 0.25) is 0 Å². The molecule has 2 fully saturated rings. The van der Waals surface area contributed by atoms with Crippen molar-refractivity contribution in [2.75, 3.05) is 39.9 Å². The van der Waals surface area contributed by atoms with Crippen LogP contribution in [0.3, 0.4) is 0 Å². The largest absolute Gasteiger partial charge is 0.491 e. The van der Waals surface area contributed by atoms with Crippen LogP contribution in [0, 0.1) is 0 Å². The average Bonchev–Trinajstić information content (AvgIpc) is 3.26. The van der Waals surface area contributed by atoms with E-state index in [-0.39, 0.29) is 18.1 Å². The summed E-state index contributed by atoms with van der Waals surface area (Å²) in [5.41, 5.74) is 1.88. The molecule has 0 saturated carbocycles. The fourth-order valence-electron chi connectivity index (χ4n) is 3.95. The summed E-state index contributed by atoms with van der Waals surface area (Å²) in [6.07, 6.45) is 2.36. The van der Waals surface area contributed by atoms with Gasteiger partial charge in [0.15, 0.2) is 0 Å². The van der Waals surface area contributed by atoms with Crippen LogP contribution in [-0.2, 0) is 4.74 Å². The minimum atomic E-state index is 0.0721. The summed E-state index contributed by atoms with van der Waals surface area (Å²) >= 11 is 0. The monoisotopic (exact) mass is 380 g/mol. The molecule has 0 aliphatic carbocycles. The smallest absolute Gasteiger partial charge is 0.254 e. The Morgan fingerprint density at radius 1 is 1.11 bits per heavy atom. The molecule has 2 heterocycles. The highest BCUT2D eigenvalue weighted by Gasteiger charge is 2.30. The van der Waals surface area contributed by atoms with Crippen molar-refractivity contribution in [1.82, 2.24) is 9.80 Å². The highest BCUT2D eigenvalue weighted by atomic mass is 16.5. The Labute approximate surface area is 166 Å². The predicted molar refractivity (Wildman–Crippen MR) is 109 cm³/mol. The molecule has 28 heavy (non-hydrogen) atoms. The summed E-state index contributed by atoms with van der Waals surface area (Å²) in [4.78, 5) is 17.5. The molecule has 0 unspecified atom stereocenters. The van der Waals surface area contributed by atoms with Crippen LogP contribution in [0.5, 0.6) is 5.75 Å². The molecule has 2 aromatic carbocycles. The lowest BCUT2D eigenvalue weighted by atomic mass is 10.0. The summed E-state index contributed by atoms with van der Waals surface area (Å²) < 4.78 is 11.4. The van der Waals surface area contributed by atoms with Gasteiger partial charge >= 0.3 is 0 Å². The Bertz CT molecular complexity index is 772. The molecule has 0 bridgehead atoms. The normalized spacial score (nSPS) is 23.0. The molecule has 148 valence electrons. The molecule has 5 nitrogen and oxygen atoms in total. The van der Waals surface area contributed by atoms with E-state index in [1.54, 1.807) is 0 Å². The number of piperazine rings is 1. The number of carbonyl (C=O) groups is 1. The number of nitrogens with zero attached hydrogens (tertiary/aromatic N) is 2. The molecule has 5 heteroatoms. The van der Waals surface area contributed by atoms with Crippen LogP contribution >= 0.6 is 0 Å². The Kier molecular flexibility index (Phi) is 5.93. The van der Waals surface area contributed by atoms with E-state index in [0.717, 1.165) is 44.8 Å². The number of ether oxygens (including phenoxy) is 2. The molecule has 0 radical (unpaired) electrons. The first-order chi connectivity index (χ1) is 13.7. The van der Waals surface area contributed by atoms with E-state index in [2.05, 4.69) is 24.1 Å². The maximum Gasteiger partial charge on any atom is 0.254 e. The Morgan fingerprint density at radius 3 is 2.61 bits per heavy atom. The third-order valence-electron chi connectivity index (χ3n) is 5.59. The van der Waals surface area contributed by atoms with Gasteiger partial charge in [0.05, 0.1) is 12.1 Å². The number of benzene rings is 2. The van der Waals surface area contributed by atoms with Crippen molar-refractivity contribution >= 4 is 5.91 Å². The Balaban J connectivity index is 1.44. The minimum absolute atomic E-state index is 0.0721. The lowest BCUT2D eigenvalue weighted by Crippen LogP contribution is -2.49. The van der Waals surface area contributed by atoms with E-state index >= 15 is 0 Å². The zero-order valence-corrected chi connectivity index (χ0v) is 16.4. The maximum atomic E-state index is 13.2. The Hall–Kier alpha value is -2.37. The summed E-state index contributed by atoms with van der Waals surface area (Å²) in [6, 6.07) is 17.9. The van der Waals surface area contributed by atoms with Crippen molar-refractivity contribution in [1.29, 1.82) is 0 Å². The molecule has 2 aliphatic rings. The first kappa shape index (κ1) is 19.0. The lowest BCUT2D eigenvalue weighted by Gasteiger charge is -2.40. The molecule has 0 N–H and O–H groups in total. The van der Waals surface area contributed by atoms with Crippen molar-refractivity contribution < 1.29 is 14.3 Å². The van der Waals surface area contributed by atoms with Crippen LogP contribution < -0.4 is 4.74 Å². The van der Waals surface area contributed by atoms with Gasteiger partial charge in [-0.25, -0.2) is 0 Å². The minimum Gasteiger partial charge on any atom is -0.491 e. The van der Waals surface area contributed by atoms with Crippen LogP contribution in [0.25, 0.3) is 0 Å². The van der Waals surface area contributed by atoms with Crippen LogP contribution in [0.2, 0.25) is 0 Å². The number of amides is 1. The van der Waals surface area contributed by atoms with Crippen LogP contribution in [0.4, 0.5) is 0 Å². The van der Waals surface area contributed by atoms with Gasteiger partial charge in [0.25, 0.3) is 5.91 Å². The summed E-state index contributed by atoms with van der Waals surface area (Å²) in [6.45, 7) is 3.86. The topological polar surface area (TPSA) is 42.0 Å². The molecular weight excluding hydrogens is 352 g/mol. The number of hydrogen-bond donors (Lipinski definition) is 0. The molecular formula is C23H28N2O3. The molecule has 2 aliphatic heterocycles. The molecule has 0 aromatic heterocycles. The van der Waals surface area contributed by atoms with E-state index in [0.29, 0.717) is 12.2 Å². The first-order valence-corrected chi connectivity index (χ1v) is 10.1.